The average molecular weight is 426 g/mol. The summed E-state index contributed by atoms with van der Waals surface area (Å²) in [5.74, 6) is 0. The lowest BCUT2D eigenvalue weighted by Crippen LogP contribution is -2.52. The number of hydrogen-bond acceptors (Lipinski definition) is 2. The van der Waals surface area contributed by atoms with Gasteiger partial charge in [0.2, 0.25) is 0 Å². The van der Waals surface area contributed by atoms with E-state index in [0.29, 0.717) is 0 Å². The van der Waals surface area contributed by atoms with Crippen molar-refractivity contribution in [2.24, 2.45) is 0 Å². The van der Waals surface area contributed by atoms with Crippen LogP contribution in [0.2, 0.25) is 0 Å². The molecule has 5 heteroatoms. The first kappa shape index (κ1) is 13.7. The lowest BCUT2D eigenvalue weighted by atomic mass is 9.57. The second-order valence-electron chi connectivity index (χ2n) is 5.87. The highest BCUT2D eigenvalue weighted by Crippen LogP contribution is 2.40. The predicted molar refractivity (Wildman–Crippen MR) is 105 cm³/mol. The van der Waals surface area contributed by atoms with Gasteiger partial charge >= 0.3 is 6.98 Å². The minimum Gasteiger partial charge on any atom is -0.405 e. The van der Waals surface area contributed by atoms with Crippen LogP contribution in [0.25, 0.3) is 22.3 Å². The summed E-state index contributed by atoms with van der Waals surface area (Å²) in [6.07, 6.45) is 0. The summed E-state index contributed by atoms with van der Waals surface area (Å²) in [4.78, 5) is 0. The second kappa shape index (κ2) is 4.89. The number of anilines is 2. The fraction of sp³-hybridized carbons (Fsp3) is 0. The van der Waals surface area contributed by atoms with E-state index in [2.05, 4.69) is 96.9 Å². The van der Waals surface area contributed by atoms with Gasteiger partial charge in [0, 0.05) is 31.4 Å². The van der Waals surface area contributed by atoms with Gasteiger partial charge in [0.05, 0.1) is 0 Å². The van der Waals surface area contributed by atoms with Crippen molar-refractivity contribution in [1.82, 2.24) is 0 Å². The zero-order valence-electron chi connectivity index (χ0n) is 12.0. The molecule has 0 fully saturated rings. The van der Waals surface area contributed by atoms with E-state index >= 15 is 0 Å². The third kappa shape index (κ3) is 2.00. The van der Waals surface area contributed by atoms with Crippen molar-refractivity contribution in [3.05, 3.63) is 63.5 Å². The molecule has 0 unspecified atom stereocenters. The first-order valence-electron chi connectivity index (χ1n) is 7.46. The van der Waals surface area contributed by atoms with Crippen molar-refractivity contribution in [3.8, 4) is 22.3 Å². The molecule has 2 N–H and O–H groups in total. The topological polar surface area (TPSA) is 24.1 Å². The van der Waals surface area contributed by atoms with Crippen molar-refractivity contribution in [2.45, 2.75) is 0 Å². The van der Waals surface area contributed by atoms with E-state index in [1.165, 1.54) is 27.7 Å². The largest absolute Gasteiger partial charge is 0.407 e. The molecule has 0 saturated heterocycles. The summed E-state index contributed by atoms with van der Waals surface area (Å²) in [7, 11) is 0. The molecule has 0 radical (unpaired) electrons. The van der Waals surface area contributed by atoms with Gasteiger partial charge in [0.1, 0.15) is 0 Å². The third-order valence-corrected chi connectivity index (χ3v) is 5.52. The predicted octanol–water partition coefficient (Wildman–Crippen LogP) is 5.09. The SMILES string of the molecule is Brc1ccc2c(c1)-c1cccc3c1B(N2)Nc1ccc(Br)cc1-3. The Kier molecular flexibility index (Phi) is 2.91. The highest BCUT2D eigenvalue weighted by atomic mass is 79.9. The Balaban J connectivity index is 1.84. The highest BCUT2D eigenvalue weighted by Gasteiger charge is 2.35. The molecule has 0 aliphatic carbocycles. The Hall–Kier alpha value is -1.72. The van der Waals surface area contributed by atoms with E-state index in [4.69, 9.17) is 0 Å². The molecule has 2 aliphatic heterocycles. The maximum absolute atomic E-state index is 3.63. The number of nitrogens with one attached hydrogen (secondary N) is 2. The number of rotatable bonds is 0. The quantitative estimate of drug-likeness (QED) is 0.490. The van der Waals surface area contributed by atoms with E-state index in [1.54, 1.807) is 0 Å². The Morgan fingerprint density at radius 3 is 1.70 bits per heavy atom. The summed E-state index contributed by atoms with van der Waals surface area (Å²) in [6.45, 7) is 0.101. The molecule has 0 aromatic heterocycles. The average Bonchev–Trinajstić information content (AvgIpc) is 2.56. The molecule has 5 rings (SSSR count). The van der Waals surface area contributed by atoms with Gasteiger partial charge in [0.25, 0.3) is 0 Å². The molecule has 0 bridgehead atoms. The van der Waals surface area contributed by atoms with E-state index in [0.717, 1.165) is 20.3 Å². The molecule has 3 aromatic carbocycles. The van der Waals surface area contributed by atoms with Crippen LogP contribution >= 0.6 is 31.9 Å². The molecule has 0 amide bonds. The fourth-order valence-corrected chi connectivity index (χ4v) is 4.29. The Morgan fingerprint density at radius 1 is 0.652 bits per heavy atom. The molecule has 0 saturated carbocycles. The van der Waals surface area contributed by atoms with Crippen molar-refractivity contribution < 1.29 is 0 Å². The smallest absolute Gasteiger partial charge is 0.405 e. The first-order valence-corrected chi connectivity index (χ1v) is 9.05. The van der Waals surface area contributed by atoms with Gasteiger partial charge in [-0.25, -0.2) is 0 Å². The van der Waals surface area contributed by atoms with E-state index < -0.39 is 0 Å². The Bertz CT molecular complexity index is 897. The van der Waals surface area contributed by atoms with Crippen molar-refractivity contribution in [3.63, 3.8) is 0 Å². The maximum Gasteiger partial charge on any atom is 0.407 e. The summed E-state index contributed by atoms with van der Waals surface area (Å²) in [5, 5.41) is 7.27. The van der Waals surface area contributed by atoms with Crippen LogP contribution in [-0.2, 0) is 0 Å². The fourth-order valence-electron chi connectivity index (χ4n) is 3.57. The van der Waals surface area contributed by atoms with Gasteiger partial charge in [-0.15, -0.1) is 0 Å². The zero-order chi connectivity index (χ0) is 15.6. The zero-order valence-corrected chi connectivity index (χ0v) is 15.2. The van der Waals surface area contributed by atoms with Crippen LogP contribution in [0.3, 0.4) is 0 Å². The van der Waals surface area contributed by atoms with Crippen LogP contribution in [0.4, 0.5) is 11.4 Å². The molecule has 2 aliphatic rings. The molecular weight excluding hydrogens is 415 g/mol. The number of fused-ring (bicyclic) bond motifs is 4. The number of hydrogen-bond donors (Lipinski definition) is 2. The lowest BCUT2D eigenvalue weighted by Gasteiger charge is -2.34. The highest BCUT2D eigenvalue weighted by molar-refractivity contribution is 9.10. The van der Waals surface area contributed by atoms with Gasteiger partial charge in [0.15, 0.2) is 0 Å². The number of benzene rings is 3. The molecule has 3 aromatic rings. The van der Waals surface area contributed by atoms with Crippen LogP contribution in [0.1, 0.15) is 0 Å². The van der Waals surface area contributed by atoms with E-state index in [9.17, 15) is 0 Å². The normalized spacial score (nSPS) is 13.4. The van der Waals surface area contributed by atoms with Crippen LogP contribution < -0.4 is 15.9 Å². The second-order valence-corrected chi connectivity index (χ2v) is 7.70. The van der Waals surface area contributed by atoms with Crippen LogP contribution in [0.5, 0.6) is 0 Å². The van der Waals surface area contributed by atoms with Crippen LogP contribution in [-0.4, -0.2) is 6.98 Å². The Labute approximate surface area is 151 Å². The summed E-state index contributed by atoms with van der Waals surface area (Å²) in [6, 6.07) is 19.4. The molecular formula is C18H11BBr2N2. The van der Waals surface area contributed by atoms with Gasteiger partial charge in [-0.3, -0.25) is 0 Å². The van der Waals surface area contributed by atoms with Crippen LogP contribution in [0, 0.1) is 0 Å². The third-order valence-electron chi connectivity index (χ3n) is 4.54. The van der Waals surface area contributed by atoms with Gasteiger partial charge in [-0.05, 0) is 53.0 Å². The van der Waals surface area contributed by atoms with Crippen molar-refractivity contribution in [2.75, 3.05) is 10.5 Å². The van der Waals surface area contributed by atoms with E-state index in [1.807, 2.05) is 0 Å². The monoisotopic (exact) mass is 424 g/mol. The standard InChI is InChI=1S/C18H11BBr2N2/c20-10-4-6-16-14(8-10)12-2-1-3-13-15-9-11(21)5-7-17(15)23-19(22-16)18(12)13/h1-9,22-23H. The molecule has 2 heterocycles. The van der Waals surface area contributed by atoms with Gasteiger partial charge in [-0.2, -0.15) is 0 Å². The van der Waals surface area contributed by atoms with Crippen LogP contribution in [0.15, 0.2) is 63.5 Å². The minimum atomic E-state index is 0.101. The molecule has 2 nitrogen and oxygen atoms in total. The lowest BCUT2D eigenvalue weighted by molar-refractivity contribution is 1.50. The molecule has 0 atom stereocenters. The van der Waals surface area contributed by atoms with Crippen molar-refractivity contribution in [1.29, 1.82) is 0 Å². The van der Waals surface area contributed by atoms with E-state index in [-0.39, 0.29) is 6.98 Å². The van der Waals surface area contributed by atoms with Crippen molar-refractivity contribution >= 4 is 55.7 Å². The van der Waals surface area contributed by atoms with Gasteiger partial charge in [-0.1, -0.05) is 50.1 Å². The molecule has 0 spiro atoms. The first-order chi connectivity index (χ1) is 11.2. The van der Waals surface area contributed by atoms with Gasteiger partial charge < -0.3 is 10.5 Å². The number of halogens is 2. The summed E-state index contributed by atoms with van der Waals surface area (Å²) in [5.41, 5.74) is 8.72. The molecule has 110 valence electrons. The maximum atomic E-state index is 3.63. The minimum absolute atomic E-state index is 0.101. The Morgan fingerprint density at radius 2 is 1.17 bits per heavy atom. The summed E-state index contributed by atoms with van der Waals surface area (Å²) < 4.78 is 2.20. The molecule has 23 heavy (non-hydrogen) atoms. The summed E-state index contributed by atoms with van der Waals surface area (Å²) >= 11 is 7.19.